The summed E-state index contributed by atoms with van der Waals surface area (Å²) >= 11 is 3.52. The quantitative estimate of drug-likeness (QED) is 0.177. The van der Waals surface area contributed by atoms with Crippen molar-refractivity contribution in [3.05, 3.63) is 112 Å². The predicted octanol–water partition coefficient (Wildman–Crippen LogP) is 6.54. The molecule has 0 radical (unpaired) electrons. The van der Waals surface area contributed by atoms with Gasteiger partial charge in [-0.1, -0.05) is 60.7 Å². The highest BCUT2D eigenvalue weighted by molar-refractivity contribution is 9.10. The number of carbonyl (C=O) groups is 1. The number of halogens is 1. The largest absolute Gasteiger partial charge is 0.493 e. The molecule has 7 heteroatoms. The van der Waals surface area contributed by atoms with E-state index in [2.05, 4.69) is 39.4 Å². The van der Waals surface area contributed by atoms with E-state index in [1.165, 1.54) is 11.8 Å². The third-order valence-electron chi connectivity index (χ3n) is 5.63. The van der Waals surface area contributed by atoms with Crippen molar-refractivity contribution in [3.63, 3.8) is 0 Å². The van der Waals surface area contributed by atoms with Crippen molar-refractivity contribution >= 4 is 28.1 Å². The molecule has 0 bridgehead atoms. The van der Waals surface area contributed by atoms with Gasteiger partial charge in [0, 0.05) is 0 Å². The van der Waals surface area contributed by atoms with E-state index in [0.29, 0.717) is 23.9 Å². The zero-order chi connectivity index (χ0) is 26.0. The molecule has 0 aliphatic heterocycles. The molecular weight excluding hydrogens is 532 g/mol. The van der Waals surface area contributed by atoms with Crippen molar-refractivity contribution in [1.82, 2.24) is 5.43 Å². The zero-order valence-electron chi connectivity index (χ0n) is 20.6. The van der Waals surface area contributed by atoms with E-state index in [-0.39, 0.29) is 12.5 Å². The lowest BCUT2D eigenvalue weighted by Gasteiger charge is -2.12. The van der Waals surface area contributed by atoms with Crippen LogP contribution in [-0.2, 0) is 11.4 Å². The molecule has 0 unspecified atom stereocenters. The van der Waals surface area contributed by atoms with Crippen molar-refractivity contribution in [1.29, 1.82) is 0 Å². The second kappa shape index (κ2) is 12.7. The summed E-state index contributed by atoms with van der Waals surface area (Å²) in [4.78, 5) is 12.2. The molecule has 0 fully saturated rings. The minimum Gasteiger partial charge on any atom is -0.493 e. The summed E-state index contributed by atoms with van der Waals surface area (Å²) in [6, 6.07) is 29.3. The first-order valence-corrected chi connectivity index (χ1v) is 12.5. The number of nitrogens with one attached hydrogen (secondary N) is 1. The Morgan fingerprint density at radius 1 is 0.865 bits per heavy atom. The summed E-state index contributed by atoms with van der Waals surface area (Å²) in [5.41, 5.74) is 7.66. The van der Waals surface area contributed by atoms with Crippen LogP contribution < -0.4 is 19.6 Å². The average molecular weight is 559 g/mol. The third-order valence-corrected chi connectivity index (χ3v) is 6.25. The summed E-state index contributed by atoms with van der Waals surface area (Å²) in [5, 5.41) is 4.03. The van der Waals surface area contributed by atoms with E-state index in [0.717, 1.165) is 26.7 Å². The minimum atomic E-state index is -0.375. The normalized spacial score (nSPS) is 10.8. The molecule has 0 aromatic heterocycles. The Morgan fingerprint density at radius 3 is 2.38 bits per heavy atom. The van der Waals surface area contributed by atoms with Crippen LogP contribution in [0.15, 0.2) is 101 Å². The van der Waals surface area contributed by atoms with Crippen LogP contribution in [0, 0.1) is 6.92 Å². The number of aryl methyl sites for hydroxylation is 1. The lowest BCUT2D eigenvalue weighted by molar-refractivity contribution is -0.123. The predicted molar refractivity (Wildman–Crippen MR) is 149 cm³/mol. The molecule has 0 heterocycles. The topological polar surface area (TPSA) is 69.2 Å². The van der Waals surface area contributed by atoms with Crippen molar-refractivity contribution < 1.29 is 19.0 Å². The minimum absolute atomic E-state index is 0.171. The number of carbonyl (C=O) groups excluding carboxylic acids is 1. The van der Waals surface area contributed by atoms with Gasteiger partial charge >= 0.3 is 0 Å². The number of hydrogen-bond donors (Lipinski definition) is 1. The van der Waals surface area contributed by atoms with Crippen molar-refractivity contribution in [2.45, 2.75) is 13.5 Å². The van der Waals surface area contributed by atoms with Gasteiger partial charge in [-0.25, -0.2) is 5.43 Å². The molecule has 0 aliphatic carbocycles. The third kappa shape index (κ3) is 7.21. The van der Waals surface area contributed by atoms with Gasteiger partial charge in [0.15, 0.2) is 18.1 Å². The number of rotatable bonds is 10. The Bertz CT molecular complexity index is 1390. The Morgan fingerprint density at radius 2 is 1.62 bits per heavy atom. The average Bonchev–Trinajstić information content (AvgIpc) is 2.92. The van der Waals surface area contributed by atoms with Gasteiger partial charge in [-0.15, -0.1) is 0 Å². The fourth-order valence-electron chi connectivity index (χ4n) is 3.59. The number of nitrogens with zero attached hydrogens (tertiary/aromatic N) is 1. The van der Waals surface area contributed by atoms with Crippen LogP contribution in [0.5, 0.6) is 17.2 Å². The highest BCUT2D eigenvalue weighted by Crippen LogP contribution is 2.31. The summed E-state index contributed by atoms with van der Waals surface area (Å²) in [6.07, 6.45) is 1.54. The standard InChI is InChI=1S/C30H27BrN2O4/c1-21-8-6-7-11-25(21)19-36-28-14-12-22(16-29(28)35-2)18-32-33-30(34)20-37-27-15-13-24(17-26(27)31)23-9-4-3-5-10-23/h3-18H,19-20H2,1-2H3,(H,33,34)/b32-18+. The molecule has 4 rings (SSSR count). The fraction of sp³-hybridized carbons (Fsp3) is 0.133. The van der Waals surface area contributed by atoms with Gasteiger partial charge in [0.1, 0.15) is 12.4 Å². The van der Waals surface area contributed by atoms with Crippen LogP contribution in [0.3, 0.4) is 0 Å². The molecule has 1 amide bonds. The van der Waals surface area contributed by atoms with E-state index in [9.17, 15) is 4.79 Å². The molecule has 0 spiro atoms. The molecule has 0 saturated carbocycles. The molecule has 0 aliphatic rings. The number of ether oxygens (including phenoxy) is 3. The van der Waals surface area contributed by atoms with Crippen LogP contribution in [0.1, 0.15) is 16.7 Å². The van der Waals surface area contributed by atoms with Gasteiger partial charge in [-0.2, -0.15) is 5.10 Å². The molecule has 1 N–H and O–H groups in total. The summed E-state index contributed by atoms with van der Waals surface area (Å²) in [6.45, 7) is 2.32. The summed E-state index contributed by atoms with van der Waals surface area (Å²) in [7, 11) is 1.58. The van der Waals surface area contributed by atoms with E-state index in [1.807, 2.05) is 78.9 Å². The Hall–Kier alpha value is -4.10. The molecule has 37 heavy (non-hydrogen) atoms. The smallest absolute Gasteiger partial charge is 0.277 e. The monoisotopic (exact) mass is 558 g/mol. The van der Waals surface area contributed by atoms with Crippen LogP contribution in [0.25, 0.3) is 11.1 Å². The summed E-state index contributed by atoms with van der Waals surface area (Å²) in [5.74, 6) is 1.41. The van der Waals surface area contributed by atoms with Crippen molar-refractivity contribution in [2.75, 3.05) is 13.7 Å². The molecule has 0 atom stereocenters. The maximum Gasteiger partial charge on any atom is 0.277 e. The van der Waals surface area contributed by atoms with Gasteiger partial charge in [-0.3, -0.25) is 4.79 Å². The molecule has 4 aromatic carbocycles. The SMILES string of the molecule is COc1cc(/C=N/NC(=O)COc2ccc(-c3ccccc3)cc2Br)ccc1OCc1ccccc1C. The van der Waals surface area contributed by atoms with E-state index in [1.54, 1.807) is 13.2 Å². The Labute approximate surface area is 225 Å². The summed E-state index contributed by atoms with van der Waals surface area (Å²) < 4.78 is 17.8. The maximum absolute atomic E-state index is 12.2. The Balaban J connectivity index is 1.29. The van der Waals surface area contributed by atoms with Gasteiger partial charge in [0.05, 0.1) is 17.8 Å². The van der Waals surface area contributed by atoms with Crippen LogP contribution in [-0.4, -0.2) is 25.8 Å². The number of benzene rings is 4. The van der Waals surface area contributed by atoms with Gasteiger partial charge in [-0.05, 0) is 81.0 Å². The number of methoxy groups -OCH3 is 1. The van der Waals surface area contributed by atoms with Crippen LogP contribution in [0.2, 0.25) is 0 Å². The maximum atomic E-state index is 12.2. The molecule has 188 valence electrons. The lowest BCUT2D eigenvalue weighted by Crippen LogP contribution is -2.24. The first-order chi connectivity index (χ1) is 18.0. The van der Waals surface area contributed by atoms with Gasteiger partial charge < -0.3 is 14.2 Å². The molecule has 4 aromatic rings. The zero-order valence-corrected chi connectivity index (χ0v) is 22.2. The van der Waals surface area contributed by atoms with Crippen molar-refractivity contribution in [3.8, 4) is 28.4 Å². The lowest BCUT2D eigenvalue weighted by atomic mass is 10.1. The first-order valence-electron chi connectivity index (χ1n) is 11.7. The first kappa shape index (κ1) is 26.0. The van der Waals surface area contributed by atoms with E-state index >= 15 is 0 Å². The second-order valence-corrected chi connectivity index (χ2v) is 9.07. The highest BCUT2D eigenvalue weighted by Gasteiger charge is 2.09. The number of hydrazone groups is 1. The Kier molecular flexibility index (Phi) is 8.94. The van der Waals surface area contributed by atoms with Crippen LogP contribution >= 0.6 is 15.9 Å². The van der Waals surface area contributed by atoms with Crippen LogP contribution in [0.4, 0.5) is 0 Å². The molecule has 6 nitrogen and oxygen atoms in total. The van der Waals surface area contributed by atoms with Crippen molar-refractivity contribution in [2.24, 2.45) is 5.10 Å². The van der Waals surface area contributed by atoms with E-state index < -0.39 is 0 Å². The highest BCUT2D eigenvalue weighted by atomic mass is 79.9. The van der Waals surface area contributed by atoms with Gasteiger partial charge in [0.2, 0.25) is 0 Å². The fourth-order valence-corrected chi connectivity index (χ4v) is 4.09. The number of amides is 1. The second-order valence-electron chi connectivity index (χ2n) is 8.22. The molecule has 0 saturated heterocycles. The van der Waals surface area contributed by atoms with Gasteiger partial charge in [0.25, 0.3) is 5.91 Å². The number of hydrogen-bond acceptors (Lipinski definition) is 5. The molecular formula is C30H27BrN2O4. The van der Waals surface area contributed by atoms with E-state index in [4.69, 9.17) is 14.2 Å².